The Balaban J connectivity index is 1.87. The zero-order valence-electron chi connectivity index (χ0n) is 12.7. The largest absolute Gasteiger partial charge is 0.342 e. The minimum absolute atomic E-state index is 0.104. The highest BCUT2D eigenvalue weighted by Gasteiger charge is 2.54. The Hall–Kier alpha value is -1.06. The Morgan fingerprint density at radius 2 is 1.85 bits per heavy atom. The molecule has 1 spiro atoms. The number of amides is 2. The molecule has 1 unspecified atom stereocenters. The van der Waals surface area contributed by atoms with Crippen LogP contribution in [-0.4, -0.2) is 34.8 Å². The Bertz CT molecular complexity index is 409. The summed E-state index contributed by atoms with van der Waals surface area (Å²) in [5.41, 5.74) is -0.516. The van der Waals surface area contributed by atoms with Gasteiger partial charge in [0, 0.05) is 6.54 Å². The number of hydrogen-bond acceptors (Lipinski definition) is 2. The predicted octanol–water partition coefficient (Wildman–Crippen LogP) is 2.08. The normalized spacial score (nSPS) is 29.9. The van der Waals surface area contributed by atoms with E-state index in [1.807, 2.05) is 18.7 Å². The van der Waals surface area contributed by atoms with Crippen molar-refractivity contribution in [2.24, 2.45) is 11.8 Å². The van der Waals surface area contributed by atoms with Gasteiger partial charge in [-0.15, -0.1) is 0 Å². The van der Waals surface area contributed by atoms with Crippen LogP contribution in [-0.2, 0) is 9.59 Å². The third-order valence-electron chi connectivity index (χ3n) is 5.52. The lowest BCUT2D eigenvalue weighted by molar-refractivity contribution is -0.160. The molecule has 2 saturated carbocycles. The SMILES string of the molecule is CC(C)C1NC(=O)C2(CCCC2)N(CC2CCC2)C1=O. The van der Waals surface area contributed by atoms with E-state index in [4.69, 9.17) is 0 Å². The molecule has 4 heteroatoms. The molecule has 3 aliphatic rings. The molecule has 1 heterocycles. The summed E-state index contributed by atoms with van der Waals surface area (Å²) in [6.45, 7) is 4.82. The third-order valence-corrected chi connectivity index (χ3v) is 5.52. The van der Waals surface area contributed by atoms with Crippen molar-refractivity contribution in [2.75, 3.05) is 6.54 Å². The number of piperazine rings is 1. The van der Waals surface area contributed by atoms with Gasteiger partial charge in [-0.25, -0.2) is 0 Å². The Morgan fingerprint density at radius 3 is 2.35 bits per heavy atom. The van der Waals surface area contributed by atoms with Crippen LogP contribution in [0, 0.1) is 11.8 Å². The molecule has 0 aromatic rings. The zero-order chi connectivity index (χ0) is 14.3. The molecule has 1 aliphatic heterocycles. The van der Waals surface area contributed by atoms with Gasteiger partial charge in [0.15, 0.2) is 0 Å². The summed E-state index contributed by atoms with van der Waals surface area (Å²) in [6, 6.07) is -0.325. The van der Waals surface area contributed by atoms with E-state index in [0.717, 1.165) is 32.2 Å². The van der Waals surface area contributed by atoms with E-state index < -0.39 is 5.54 Å². The summed E-state index contributed by atoms with van der Waals surface area (Å²) < 4.78 is 0. The van der Waals surface area contributed by atoms with Crippen LogP contribution in [0.15, 0.2) is 0 Å². The van der Waals surface area contributed by atoms with E-state index in [9.17, 15) is 9.59 Å². The summed E-state index contributed by atoms with van der Waals surface area (Å²) in [7, 11) is 0. The average molecular weight is 278 g/mol. The number of nitrogens with zero attached hydrogens (tertiary/aromatic N) is 1. The Labute approximate surface area is 121 Å². The van der Waals surface area contributed by atoms with E-state index in [1.54, 1.807) is 0 Å². The number of rotatable bonds is 3. The molecule has 0 bridgehead atoms. The standard InChI is InChI=1S/C16H26N2O2/c1-11(2)13-14(19)18(10-12-6-5-7-12)16(15(20)17-13)8-3-4-9-16/h11-13H,3-10H2,1-2H3,(H,17,20). The second-order valence-electron chi connectivity index (χ2n) is 7.18. The summed E-state index contributed by atoms with van der Waals surface area (Å²) in [5, 5.41) is 3.01. The van der Waals surface area contributed by atoms with Crippen LogP contribution in [0.25, 0.3) is 0 Å². The highest BCUT2D eigenvalue weighted by atomic mass is 16.2. The molecule has 2 amide bonds. The zero-order valence-corrected chi connectivity index (χ0v) is 12.7. The molecule has 0 radical (unpaired) electrons. The maximum atomic E-state index is 12.9. The molecule has 4 nitrogen and oxygen atoms in total. The van der Waals surface area contributed by atoms with Crippen molar-refractivity contribution in [1.29, 1.82) is 0 Å². The highest BCUT2D eigenvalue weighted by Crippen LogP contribution is 2.41. The molecule has 1 N–H and O–H groups in total. The van der Waals surface area contributed by atoms with Crippen LogP contribution < -0.4 is 5.32 Å². The molecular formula is C16H26N2O2. The van der Waals surface area contributed by atoms with Crippen LogP contribution in [0.2, 0.25) is 0 Å². The minimum atomic E-state index is -0.516. The first-order chi connectivity index (χ1) is 9.54. The van der Waals surface area contributed by atoms with Crippen molar-refractivity contribution in [2.45, 2.75) is 70.4 Å². The second-order valence-corrected chi connectivity index (χ2v) is 7.18. The van der Waals surface area contributed by atoms with Gasteiger partial charge in [0.25, 0.3) is 0 Å². The van der Waals surface area contributed by atoms with Crippen molar-refractivity contribution in [1.82, 2.24) is 10.2 Å². The van der Waals surface area contributed by atoms with Gasteiger partial charge in [-0.05, 0) is 37.5 Å². The van der Waals surface area contributed by atoms with Gasteiger partial charge < -0.3 is 10.2 Å². The highest BCUT2D eigenvalue weighted by molar-refractivity contribution is 6.00. The lowest BCUT2D eigenvalue weighted by atomic mass is 9.81. The van der Waals surface area contributed by atoms with Crippen molar-refractivity contribution in [3.05, 3.63) is 0 Å². The lowest BCUT2D eigenvalue weighted by Gasteiger charge is -2.49. The molecule has 1 atom stereocenters. The van der Waals surface area contributed by atoms with Crippen LogP contribution in [0.4, 0.5) is 0 Å². The fraction of sp³-hybridized carbons (Fsp3) is 0.875. The minimum Gasteiger partial charge on any atom is -0.342 e. The smallest absolute Gasteiger partial charge is 0.246 e. The fourth-order valence-corrected chi connectivity index (χ4v) is 3.95. The maximum Gasteiger partial charge on any atom is 0.246 e. The number of hydrogen-bond donors (Lipinski definition) is 1. The number of carbonyl (C=O) groups excluding carboxylic acids is 2. The van der Waals surface area contributed by atoms with Crippen molar-refractivity contribution in [3.8, 4) is 0 Å². The maximum absolute atomic E-state index is 12.9. The molecular weight excluding hydrogens is 252 g/mol. The van der Waals surface area contributed by atoms with Gasteiger partial charge in [-0.3, -0.25) is 9.59 Å². The number of carbonyl (C=O) groups is 2. The average Bonchev–Trinajstić information content (AvgIpc) is 2.82. The van der Waals surface area contributed by atoms with Crippen LogP contribution >= 0.6 is 0 Å². The van der Waals surface area contributed by atoms with E-state index in [0.29, 0.717) is 5.92 Å². The lowest BCUT2D eigenvalue weighted by Crippen LogP contribution is -2.71. The third kappa shape index (κ3) is 2.04. The molecule has 0 aromatic carbocycles. The van der Waals surface area contributed by atoms with Gasteiger partial charge in [0.1, 0.15) is 11.6 Å². The predicted molar refractivity (Wildman–Crippen MR) is 77.0 cm³/mol. The molecule has 0 aromatic heterocycles. The summed E-state index contributed by atoms with van der Waals surface area (Å²) in [5.74, 6) is 1.05. The van der Waals surface area contributed by atoms with E-state index in [1.165, 1.54) is 19.3 Å². The van der Waals surface area contributed by atoms with Crippen molar-refractivity contribution >= 4 is 11.8 Å². The first-order valence-corrected chi connectivity index (χ1v) is 8.17. The summed E-state index contributed by atoms with van der Waals surface area (Å²) in [6.07, 6.45) is 7.54. The van der Waals surface area contributed by atoms with Crippen LogP contribution in [0.1, 0.15) is 58.8 Å². The second kappa shape index (κ2) is 5.05. The van der Waals surface area contributed by atoms with Gasteiger partial charge >= 0.3 is 0 Å². The summed E-state index contributed by atoms with van der Waals surface area (Å²) >= 11 is 0. The Morgan fingerprint density at radius 1 is 1.20 bits per heavy atom. The molecule has 1 saturated heterocycles. The van der Waals surface area contributed by atoms with E-state index >= 15 is 0 Å². The summed E-state index contributed by atoms with van der Waals surface area (Å²) in [4.78, 5) is 27.5. The molecule has 2 aliphatic carbocycles. The van der Waals surface area contributed by atoms with E-state index in [2.05, 4.69) is 5.32 Å². The first kappa shape index (κ1) is 13.9. The van der Waals surface area contributed by atoms with Gasteiger partial charge in [-0.1, -0.05) is 33.1 Å². The fourth-order valence-electron chi connectivity index (χ4n) is 3.95. The quantitative estimate of drug-likeness (QED) is 0.859. The molecule has 20 heavy (non-hydrogen) atoms. The molecule has 3 rings (SSSR count). The van der Waals surface area contributed by atoms with Crippen molar-refractivity contribution < 1.29 is 9.59 Å². The molecule has 112 valence electrons. The molecule has 3 fully saturated rings. The van der Waals surface area contributed by atoms with Crippen LogP contribution in [0.5, 0.6) is 0 Å². The van der Waals surface area contributed by atoms with Gasteiger partial charge in [0.2, 0.25) is 11.8 Å². The van der Waals surface area contributed by atoms with Crippen molar-refractivity contribution in [3.63, 3.8) is 0 Å². The van der Waals surface area contributed by atoms with Gasteiger partial charge in [0.05, 0.1) is 0 Å². The van der Waals surface area contributed by atoms with E-state index in [-0.39, 0.29) is 23.8 Å². The monoisotopic (exact) mass is 278 g/mol. The van der Waals surface area contributed by atoms with Gasteiger partial charge in [-0.2, -0.15) is 0 Å². The number of nitrogens with one attached hydrogen (secondary N) is 1. The first-order valence-electron chi connectivity index (χ1n) is 8.17. The van der Waals surface area contributed by atoms with Crippen LogP contribution in [0.3, 0.4) is 0 Å². The topological polar surface area (TPSA) is 49.4 Å². The Kier molecular flexibility index (Phi) is 3.51.